The molecule has 4 aliphatic heterocycles. The highest BCUT2D eigenvalue weighted by Gasteiger charge is 2.50. The molecule has 6 rings (SSSR count). The van der Waals surface area contributed by atoms with Crippen molar-refractivity contribution in [2.75, 3.05) is 45.8 Å². The smallest absolute Gasteiger partial charge is 0.243 e. The molecular weight excluding hydrogens is 422 g/mol. The van der Waals surface area contributed by atoms with Crippen LogP contribution in [0.5, 0.6) is 0 Å². The third-order valence-corrected chi connectivity index (χ3v) is 10.3. The molecule has 2 aliphatic carbocycles. The number of nitrogens with zero attached hydrogens (tertiary/aromatic N) is 5. The van der Waals surface area contributed by atoms with Crippen LogP contribution < -0.4 is 10.7 Å². The third kappa shape index (κ3) is 4.03. The molecule has 6 aliphatic rings. The first-order valence-electron chi connectivity index (χ1n) is 12.8. The Morgan fingerprint density at radius 1 is 0.969 bits per heavy atom. The van der Waals surface area contributed by atoms with E-state index in [0.717, 1.165) is 51.2 Å². The Bertz CT molecular complexity index is 751. The molecule has 6 fully saturated rings. The van der Waals surface area contributed by atoms with E-state index in [1.807, 2.05) is 11.8 Å². The summed E-state index contributed by atoms with van der Waals surface area (Å²) in [6.07, 6.45) is 11.7. The molecule has 4 saturated heterocycles. The van der Waals surface area contributed by atoms with Gasteiger partial charge in [0.05, 0.1) is 6.54 Å². The van der Waals surface area contributed by atoms with Gasteiger partial charge in [-0.15, -0.1) is 11.8 Å². The normalized spacial score (nSPS) is 40.0. The zero-order valence-electron chi connectivity index (χ0n) is 19.0. The van der Waals surface area contributed by atoms with Gasteiger partial charge in [-0.3, -0.25) is 20.4 Å². The first kappa shape index (κ1) is 21.5. The van der Waals surface area contributed by atoms with Crippen molar-refractivity contribution in [3.8, 4) is 6.19 Å². The molecule has 2 N–H and O–H groups in total. The number of hydrogen-bond acceptors (Lipinski definition) is 8. The molecule has 32 heavy (non-hydrogen) atoms. The predicted octanol–water partition coefficient (Wildman–Crippen LogP) is 0.832. The third-order valence-electron chi connectivity index (χ3n) is 8.68. The number of carbonyl (C=O) groups is 1. The molecule has 8 nitrogen and oxygen atoms in total. The van der Waals surface area contributed by atoms with Crippen LogP contribution in [0.2, 0.25) is 0 Å². The van der Waals surface area contributed by atoms with Gasteiger partial charge >= 0.3 is 0 Å². The van der Waals surface area contributed by atoms with Crippen molar-refractivity contribution in [1.82, 2.24) is 30.5 Å². The lowest BCUT2D eigenvalue weighted by molar-refractivity contribution is -0.145. The van der Waals surface area contributed by atoms with Gasteiger partial charge in [0, 0.05) is 62.5 Å². The number of thioether (sulfide) groups is 1. The number of hydrogen-bond donors (Lipinski definition) is 2. The Balaban J connectivity index is 1.18. The number of nitrogens with one attached hydrogen (secondary N) is 2. The van der Waals surface area contributed by atoms with E-state index in [2.05, 4.69) is 31.7 Å². The van der Waals surface area contributed by atoms with Crippen LogP contribution in [0.25, 0.3) is 0 Å². The highest BCUT2D eigenvalue weighted by molar-refractivity contribution is 8.00. The zero-order valence-corrected chi connectivity index (χ0v) is 19.8. The minimum Gasteiger partial charge on any atom is -0.315 e. The maximum absolute atomic E-state index is 13.5. The van der Waals surface area contributed by atoms with E-state index in [-0.39, 0.29) is 17.4 Å². The van der Waals surface area contributed by atoms with Gasteiger partial charge in [0.25, 0.3) is 0 Å². The fourth-order valence-corrected chi connectivity index (χ4v) is 8.53. The van der Waals surface area contributed by atoms with E-state index in [1.54, 1.807) is 4.90 Å². The predicted molar refractivity (Wildman–Crippen MR) is 124 cm³/mol. The van der Waals surface area contributed by atoms with E-state index in [0.29, 0.717) is 23.8 Å². The fraction of sp³-hybridized carbons (Fsp3) is 0.913. The molecule has 4 unspecified atom stereocenters. The Labute approximate surface area is 196 Å². The molecule has 9 heteroatoms. The Hall–Kier alpha value is -1.05. The summed E-state index contributed by atoms with van der Waals surface area (Å²) in [4.78, 5) is 19.7. The van der Waals surface area contributed by atoms with Crippen LogP contribution in [0.1, 0.15) is 44.9 Å². The van der Waals surface area contributed by atoms with E-state index in [1.165, 1.54) is 44.9 Å². The van der Waals surface area contributed by atoms with Crippen molar-refractivity contribution in [2.24, 2.45) is 11.8 Å². The Kier molecular flexibility index (Phi) is 6.01. The van der Waals surface area contributed by atoms with Crippen molar-refractivity contribution >= 4 is 17.7 Å². The maximum Gasteiger partial charge on any atom is 0.243 e. The molecule has 0 bridgehead atoms. The molecule has 0 aromatic carbocycles. The van der Waals surface area contributed by atoms with Crippen molar-refractivity contribution < 1.29 is 4.79 Å². The lowest BCUT2D eigenvalue weighted by Gasteiger charge is -2.46. The van der Waals surface area contributed by atoms with Gasteiger partial charge in [-0.2, -0.15) is 5.26 Å². The van der Waals surface area contributed by atoms with Crippen LogP contribution in [0.15, 0.2) is 0 Å². The van der Waals surface area contributed by atoms with Crippen LogP contribution in [-0.4, -0.2) is 100 Å². The number of amides is 1. The van der Waals surface area contributed by atoms with Gasteiger partial charge in [0.2, 0.25) is 5.91 Å². The lowest BCUT2D eigenvalue weighted by atomic mass is 9.81. The maximum atomic E-state index is 13.5. The van der Waals surface area contributed by atoms with Crippen LogP contribution in [0, 0.1) is 23.3 Å². The molecule has 4 heterocycles. The van der Waals surface area contributed by atoms with Gasteiger partial charge < -0.3 is 9.80 Å². The second-order valence-electron chi connectivity index (χ2n) is 10.7. The second-order valence-corrected chi connectivity index (χ2v) is 11.9. The number of carbonyl (C=O) groups excluding carboxylic acids is 1. The van der Waals surface area contributed by atoms with Gasteiger partial charge in [-0.25, -0.2) is 5.01 Å². The summed E-state index contributed by atoms with van der Waals surface area (Å²) in [6.45, 7) is 6.03. The number of hydrazine groups is 1. The van der Waals surface area contributed by atoms with Crippen LogP contribution >= 0.6 is 11.8 Å². The van der Waals surface area contributed by atoms with Crippen molar-refractivity contribution in [2.45, 2.75) is 73.8 Å². The van der Waals surface area contributed by atoms with Gasteiger partial charge in [-0.05, 0) is 31.6 Å². The summed E-state index contributed by atoms with van der Waals surface area (Å²) < 4.78 is 0. The van der Waals surface area contributed by atoms with Crippen LogP contribution in [-0.2, 0) is 4.79 Å². The Morgan fingerprint density at radius 3 is 2.56 bits per heavy atom. The van der Waals surface area contributed by atoms with E-state index in [9.17, 15) is 10.1 Å². The molecule has 176 valence electrons. The van der Waals surface area contributed by atoms with Crippen molar-refractivity contribution in [1.29, 1.82) is 5.26 Å². The summed E-state index contributed by atoms with van der Waals surface area (Å²) in [5, 5.41) is 16.4. The lowest BCUT2D eigenvalue weighted by Crippen LogP contribution is -2.66. The molecule has 0 aromatic heterocycles. The minimum atomic E-state index is -0.162. The standard InChI is InChI=1S/C23H37N7OS/c24-15-27-8-9-28-10-11-29(22(31)19(28)14-27)23-26-20(17-12-25-30(13-17)18-6-7-18)21(32-23)16-4-2-1-3-5-16/h16-21,23,25-26H,1-14H2/t17?,19-,20?,21?,23?/m1/s1. The van der Waals surface area contributed by atoms with Crippen LogP contribution in [0.4, 0.5) is 0 Å². The SMILES string of the molecule is N#CN1CCN2CCN(C3NC(C4CNN(C5CC5)C4)C(C4CCCCC4)S3)C(=O)[C@H]2C1. The van der Waals surface area contributed by atoms with E-state index >= 15 is 0 Å². The summed E-state index contributed by atoms with van der Waals surface area (Å²) in [6, 6.07) is 1.06. The first-order valence-corrected chi connectivity index (χ1v) is 13.8. The molecule has 1 amide bonds. The molecular formula is C23H37N7OS. The Morgan fingerprint density at radius 2 is 1.78 bits per heavy atom. The summed E-state index contributed by atoms with van der Waals surface area (Å²) in [5.74, 6) is 1.60. The average molecular weight is 460 g/mol. The molecule has 0 aromatic rings. The largest absolute Gasteiger partial charge is 0.315 e. The molecule has 0 radical (unpaired) electrons. The molecule has 0 spiro atoms. The van der Waals surface area contributed by atoms with E-state index < -0.39 is 0 Å². The minimum absolute atomic E-state index is 0.0778. The van der Waals surface area contributed by atoms with Gasteiger partial charge in [-0.1, -0.05) is 19.3 Å². The fourth-order valence-electron chi connectivity index (χ4n) is 6.67. The number of rotatable bonds is 4. The highest BCUT2D eigenvalue weighted by Crippen LogP contribution is 2.44. The van der Waals surface area contributed by atoms with Gasteiger partial charge in [0.1, 0.15) is 11.5 Å². The van der Waals surface area contributed by atoms with Crippen LogP contribution in [0.3, 0.4) is 0 Å². The van der Waals surface area contributed by atoms with Gasteiger partial charge in [0.15, 0.2) is 6.19 Å². The monoisotopic (exact) mass is 459 g/mol. The molecule has 2 saturated carbocycles. The highest BCUT2D eigenvalue weighted by atomic mass is 32.2. The number of piperazine rings is 2. The van der Waals surface area contributed by atoms with E-state index in [4.69, 9.17) is 0 Å². The zero-order chi connectivity index (χ0) is 21.7. The van der Waals surface area contributed by atoms with Crippen molar-refractivity contribution in [3.63, 3.8) is 0 Å². The number of nitriles is 1. The first-order chi connectivity index (χ1) is 15.7. The summed E-state index contributed by atoms with van der Waals surface area (Å²) >= 11 is 2.04. The van der Waals surface area contributed by atoms with Crippen molar-refractivity contribution in [3.05, 3.63) is 0 Å². The second kappa shape index (κ2) is 8.95. The summed E-state index contributed by atoms with van der Waals surface area (Å²) in [5.41, 5.74) is 3.76. The number of fused-ring (bicyclic) bond motifs is 1. The summed E-state index contributed by atoms with van der Waals surface area (Å²) in [7, 11) is 0. The quantitative estimate of drug-likeness (QED) is 0.599. The topological polar surface area (TPSA) is 77.9 Å². The molecule has 5 atom stereocenters. The average Bonchev–Trinajstić information content (AvgIpc) is 3.40.